The van der Waals surface area contributed by atoms with Crippen LogP contribution in [-0.4, -0.2) is 20.1 Å². The molecule has 0 spiro atoms. The predicted molar refractivity (Wildman–Crippen MR) is 105 cm³/mol. The minimum absolute atomic E-state index is 0.0524. The van der Waals surface area contributed by atoms with E-state index in [2.05, 4.69) is 12.2 Å². The van der Waals surface area contributed by atoms with Crippen LogP contribution in [0.15, 0.2) is 40.6 Å². The van der Waals surface area contributed by atoms with Gasteiger partial charge in [0.1, 0.15) is 4.21 Å². The molecule has 0 unspecified atom stereocenters. The van der Waals surface area contributed by atoms with Crippen LogP contribution in [0.5, 0.6) is 0 Å². The lowest BCUT2D eigenvalue weighted by atomic mass is 9.75. The molecule has 1 aromatic heterocycles. The highest BCUT2D eigenvalue weighted by molar-refractivity contribution is 7.93. The van der Waals surface area contributed by atoms with E-state index in [1.165, 1.54) is 24.3 Å². The summed E-state index contributed by atoms with van der Waals surface area (Å²) in [5.74, 6) is 0.761. The first kappa shape index (κ1) is 21.8. The Balaban J connectivity index is 1.54. The molecule has 1 aromatic carbocycles. The van der Waals surface area contributed by atoms with Gasteiger partial charge in [-0.15, -0.1) is 11.3 Å². The van der Waals surface area contributed by atoms with Gasteiger partial charge < -0.3 is 5.32 Å². The van der Waals surface area contributed by atoms with Gasteiger partial charge in [0.25, 0.3) is 5.91 Å². The first-order valence-electron chi connectivity index (χ1n) is 9.31. The summed E-state index contributed by atoms with van der Waals surface area (Å²) in [6.07, 6.45) is -1.63. The van der Waals surface area contributed by atoms with Gasteiger partial charge in [0.05, 0.1) is 16.2 Å². The third kappa shape index (κ3) is 5.60. The molecule has 0 bridgehead atoms. The van der Waals surface area contributed by atoms with E-state index >= 15 is 0 Å². The molecule has 1 aliphatic rings. The van der Waals surface area contributed by atoms with E-state index in [1.54, 1.807) is 0 Å². The molecule has 0 aliphatic heterocycles. The second-order valence-corrected chi connectivity index (χ2v) is 11.0. The highest BCUT2D eigenvalue weighted by atomic mass is 32.2. The van der Waals surface area contributed by atoms with E-state index in [0.29, 0.717) is 23.8 Å². The van der Waals surface area contributed by atoms with Crippen LogP contribution in [-0.2, 0) is 22.6 Å². The summed E-state index contributed by atoms with van der Waals surface area (Å²) in [5.41, 5.74) is -0.234. The molecule has 1 N–H and O–H groups in total. The van der Waals surface area contributed by atoms with Crippen molar-refractivity contribution < 1.29 is 26.4 Å². The Kier molecular flexibility index (Phi) is 6.38. The molecule has 158 valence electrons. The Labute approximate surface area is 172 Å². The van der Waals surface area contributed by atoms with Crippen LogP contribution in [0.2, 0.25) is 0 Å². The first-order chi connectivity index (χ1) is 13.5. The molecule has 1 aliphatic carbocycles. The highest BCUT2D eigenvalue weighted by Gasteiger charge is 2.30. The lowest BCUT2D eigenvalue weighted by Gasteiger charge is -2.32. The van der Waals surface area contributed by atoms with E-state index in [0.717, 1.165) is 36.3 Å². The Morgan fingerprint density at radius 2 is 1.79 bits per heavy atom. The van der Waals surface area contributed by atoms with Crippen molar-refractivity contribution >= 4 is 27.1 Å². The molecule has 1 amide bonds. The molecule has 2 aromatic rings. The molecule has 0 atom stereocenters. The molecule has 9 heteroatoms. The average Bonchev–Trinajstić information content (AvgIpc) is 3.13. The summed E-state index contributed by atoms with van der Waals surface area (Å²) in [4.78, 5) is 12.5. The number of sulfone groups is 1. The fourth-order valence-electron chi connectivity index (χ4n) is 3.42. The van der Waals surface area contributed by atoms with Gasteiger partial charge in [-0.2, -0.15) is 13.2 Å². The van der Waals surface area contributed by atoms with Crippen LogP contribution >= 0.6 is 11.3 Å². The van der Waals surface area contributed by atoms with Gasteiger partial charge in [-0.25, -0.2) is 8.42 Å². The van der Waals surface area contributed by atoms with Crippen molar-refractivity contribution in [2.75, 3.05) is 5.75 Å². The number of benzene rings is 1. The fourth-order valence-corrected chi connectivity index (χ4v) is 6.22. The van der Waals surface area contributed by atoms with E-state index < -0.39 is 27.5 Å². The number of halogens is 3. The lowest BCUT2D eigenvalue weighted by molar-refractivity contribution is -0.137. The molecular weight excluding hydrogens is 423 g/mol. The van der Waals surface area contributed by atoms with Gasteiger partial charge >= 0.3 is 6.18 Å². The number of amides is 1. The van der Waals surface area contributed by atoms with Crippen molar-refractivity contribution in [3.8, 4) is 0 Å². The minimum atomic E-state index is -4.41. The maximum atomic E-state index is 12.6. The number of hydrogen-bond acceptors (Lipinski definition) is 4. The lowest BCUT2D eigenvalue weighted by Crippen LogP contribution is -2.23. The second-order valence-electron chi connectivity index (χ2n) is 7.55. The standard InChI is InChI=1S/C20H22F3NO3S2/c1-13-10-15(11-13)8-9-29(26,27)18-7-6-17(28-18)19(25)24-12-14-2-4-16(5-3-14)20(21,22)23/h2-7,13,15H,8-12H2,1H3,(H,24,25). The van der Waals surface area contributed by atoms with Crippen molar-refractivity contribution in [1.29, 1.82) is 0 Å². The smallest absolute Gasteiger partial charge is 0.347 e. The zero-order chi connectivity index (χ0) is 21.2. The monoisotopic (exact) mass is 445 g/mol. The number of carbonyl (C=O) groups is 1. The summed E-state index contributed by atoms with van der Waals surface area (Å²) in [6, 6.07) is 7.42. The largest absolute Gasteiger partial charge is 0.416 e. The number of carbonyl (C=O) groups excluding carboxylic acids is 1. The van der Waals surface area contributed by atoms with E-state index in [-0.39, 0.29) is 21.4 Å². The number of alkyl halides is 3. The third-order valence-corrected chi connectivity index (χ3v) is 8.52. The normalized spacial score (nSPS) is 19.6. The Bertz CT molecular complexity index is 960. The van der Waals surface area contributed by atoms with Crippen molar-refractivity contribution in [2.45, 2.75) is 43.1 Å². The number of rotatable bonds is 7. The quantitative estimate of drug-likeness (QED) is 0.659. The van der Waals surface area contributed by atoms with Gasteiger partial charge in [0.15, 0.2) is 9.84 Å². The van der Waals surface area contributed by atoms with Crippen LogP contribution in [0.3, 0.4) is 0 Å². The van der Waals surface area contributed by atoms with Crippen molar-refractivity contribution in [3.63, 3.8) is 0 Å². The second kappa shape index (κ2) is 8.47. The molecule has 0 saturated heterocycles. The molecule has 4 nitrogen and oxygen atoms in total. The van der Waals surface area contributed by atoms with Crippen LogP contribution in [0.1, 0.15) is 47.0 Å². The molecule has 0 radical (unpaired) electrons. The summed E-state index contributed by atoms with van der Waals surface area (Å²) < 4.78 is 62.8. The Hall–Kier alpha value is -1.87. The van der Waals surface area contributed by atoms with E-state index in [4.69, 9.17) is 0 Å². The SMILES string of the molecule is CC1CC(CCS(=O)(=O)c2ccc(C(=O)NCc3ccc(C(F)(F)F)cc3)s2)C1. The summed E-state index contributed by atoms with van der Waals surface area (Å²) in [6.45, 7) is 2.21. The van der Waals surface area contributed by atoms with Crippen LogP contribution in [0.4, 0.5) is 13.2 Å². The maximum Gasteiger partial charge on any atom is 0.416 e. The van der Waals surface area contributed by atoms with E-state index in [1.807, 2.05) is 0 Å². The minimum Gasteiger partial charge on any atom is -0.347 e. The van der Waals surface area contributed by atoms with Gasteiger partial charge in [0.2, 0.25) is 0 Å². The molecule has 1 heterocycles. The average molecular weight is 446 g/mol. The zero-order valence-electron chi connectivity index (χ0n) is 15.8. The number of hydrogen-bond donors (Lipinski definition) is 1. The Morgan fingerprint density at radius 1 is 1.14 bits per heavy atom. The summed E-state index contributed by atoms with van der Waals surface area (Å²) in [5, 5.41) is 2.61. The molecule has 1 saturated carbocycles. The van der Waals surface area contributed by atoms with Gasteiger partial charge in [0, 0.05) is 6.54 Å². The number of thiophene rings is 1. The van der Waals surface area contributed by atoms with Gasteiger partial charge in [-0.3, -0.25) is 4.79 Å². The molecular formula is C20H22F3NO3S2. The molecule has 29 heavy (non-hydrogen) atoms. The summed E-state index contributed by atoms with van der Waals surface area (Å²) >= 11 is 0.918. The third-order valence-electron chi connectivity index (χ3n) is 5.11. The van der Waals surface area contributed by atoms with E-state index in [9.17, 15) is 26.4 Å². The molecule has 3 rings (SSSR count). The van der Waals surface area contributed by atoms with Crippen LogP contribution in [0, 0.1) is 11.8 Å². The van der Waals surface area contributed by atoms with Crippen LogP contribution in [0.25, 0.3) is 0 Å². The highest BCUT2D eigenvalue weighted by Crippen LogP contribution is 2.36. The van der Waals surface area contributed by atoms with Gasteiger partial charge in [-0.1, -0.05) is 19.1 Å². The van der Waals surface area contributed by atoms with Gasteiger partial charge in [-0.05, 0) is 60.9 Å². The fraction of sp³-hybridized carbons (Fsp3) is 0.450. The maximum absolute atomic E-state index is 12.6. The topological polar surface area (TPSA) is 63.2 Å². The predicted octanol–water partition coefficient (Wildman–Crippen LogP) is 4.91. The Morgan fingerprint density at radius 3 is 2.38 bits per heavy atom. The number of nitrogens with one attached hydrogen (secondary N) is 1. The molecule has 1 fully saturated rings. The van der Waals surface area contributed by atoms with Crippen molar-refractivity contribution in [3.05, 3.63) is 52.4 Å². The first-order valence-corrected chi connectivity index (χ1v) is 11.8. The van der Waals surface area contributed by atoms with Crippen molar-refractivity contribution in [2.24, 2.45) is 11.8 Å². The zero-order valence-corrected chi connectivity index (χ0v) is 17.5. The van der Waals surface area contributed by atoms with Crippen molar-refractivity contribution in [1.82, 2.24) is 5.32 Å². The van der Waals surface area contributed by atoms with Crippen LogP contribution < -0.4 is 5.32 Å². The summed E-state index contributed by atoms with van der Waals surface area (Å²) in [7, 11) is -3.42.